The summed E-state index contributed by atoms with van der Waals surface area (Å²) in [5, 5.41) is 8.93. The first-order valence-electron chi connectivity index (χ1n) is 5.72. The summed E-state index contributed by atoms with van der Waals surface area (Å²) in [6.07, 6.45) is 0. The number of halogens is 1. The van der Waals surface area contributed by atoms with E-state index in [1.807, 2.05) is 19.0 Å². The first-order valence-corrected chi connectivity index (χ1v) is 7.33. The van der Waals surface area contributed by atoms with Gasteiger partial charge in [-0.25, -0.2) is 0 Å². The van der Waals surface area contributed by atoms with Crippen molar-refractivity contribution < 1.29 is 9.90 Å². The molecule has 0 saturated heterocycles. The lowest BCUT2D eigenvalue weighted by atomic mass is 10.3. The molecule has 18 heavy (non-hydrogen) atoms. The number of nitrogens with zero attached hydrogens (tertiary/aromatic N) is 2. The van der Waals surface area contributed by atoms with Crippen molar-refractivity contribution in [1.29, 1.82) is 0 Å². The van der Waals surface area contributed by atoms with E-state index >= 15 is 0 Å². The van der Waals surface area contributed by atoms with Crippen LogP contribution in [0.4, 0.5) is 0 Å². The third-order valence-electron chi connectivity index (χ3n) is 2.51. The van der Waals surface area contributed by atoms with Crippen LogP contribution in [0, 0.1) is 6.92 Å². The normalized spacial score (nSPS) is 11.4. The van der Waals surface area contributed by atoms with Gasteiger partial charge < -0.3 is 10.0 Å². The highest BCUT2D eigenvalue weighted by Gasteiger charge is 2.12. The number of hydrogen-bond donors (Lipinski definition) is 1. The quantitative estimate of drug-likeness (QED) is 0.830. The highest BCUT2D eigenvalue weighted by atomic mass is 79.9. The molecule has 0 aliphatic heterocycles. The largest absolute Gasteiger partial charge is 0.480 e. The highest BCUT2D eigenvalue weighted by Crippen LogP contribution is 2.27. The summed E-state index contributed by atoms with van der Waals surface area (Å²) < 4.78 is 1.10. The average molecular weight is 335 g/mol. The molecule has 0 saturated carbocycles. The summed E-state index contributed by atoms with van der Waals surface area (Å²) >= 11 is 5.20. The Bertz CT molecular complexity index is 387. The third-order valence-corrected chi connectivity index (χ3v) is 4.63. The zero-order valence-electron chi connectivity index (χ0n) is 10.9. The van der Waals surface area contributed by atoms with Crippen molar-refractivity contribution in [1.82, 2.24) is 9.80 Å². The van der Waals surface area contributed by atoms with Gasteiger partial charge in [-0.05, 0) is 43.0 Å². The minimum absolute atomic E-state index is 0.0857. The zero-order valence-corrected chi connectivity index (χ0v) is 13.3. The van der Waals surface area contributed by atoms with Crippen LogP contribution in [0.2, 0.25) is 0 Å². The van der Waals surface area contributed by atoms with Crippen molar-refractivity contribution in [2.75, 3.05) is 33.7 Å². The van der Waals surface area contributed by atoms with Crippen molar-refractivity contribution in [2.45, 2.75) is 13.5 Å². The Balaban J connectivity index is 2.62. The molecule has 0 atom stereocenters. The van der Waals surface area contributed by atoms with Crippen molar-refractivity contribution in [3.8, 4) is 0 Å². The number of carbonyl (C=O) groups is 1. The van der Waals surface area contributed by atoms with Gasteiger partial charge in [-0.3, -0.25) is 9.69 Å². The summed E-state index contributed by atoms with van der Waals surface area (Å²) in [5.41, 5.74) is 0. The van der Waals surface area contributed by atoms with Crippen LogP contribution >= 0.6 is 27.3 Å². The Labute approximate surface area is 120 Å². The molecular weight excluding hydrogens is 316 g/mol. The third kappa shape index (κ3) is 5.48. The van der Waals surface area contributed by atoms with Gasteiger partial charge in [0, 0.05) is 33.9 Å². The van der Waals surface area contributed by atoms with Crippen LogP contribution in [0.15, 0.2) is 10.5 Å². The number of aliphatic carboxylic acids is 1. The van der Waals surface area contributed by atoms with Crippen molar-refractivity contribution in [3.05, 3.63) is 20.3 Å². The molecule has 0 amide bonds. The van der Waals surface area contributed by atoms with E-state index < -0.39 is 5.97 Å². The number of carboxylic acids is 1. The fourth-order valence-corrected chi connectivity index (χ4v) is 3.21. The maximum Gasteiger partial charge on any atom is 0.317 e. The lowest BCUT2D eigenvalue weighted by Gasteiger charge is -2.21. The van der Waals surface area contributed by atoms with Gasteiger partial charge >= 0.3 is 5.97 Å². The number of aryl methyl sites for hydroxylation is 1. The predicted octanol–water partition coefficient (Wildman–Crippen LogP) is 2.27. The van der Waals surface area contributed by atoms with E-state index in [1.165, 1.54) is 9.75 Å². The van der Waals surface area contributed by atoms with Crippen LogP contribution in [0.25, 0.3) is 0 Å². The molecule has 1 aromatic heterocycles. The van der Waals surface area contributed by atoms with Gasteiger partial charge in [-0.2, -0.15) is 0 Å². The van der Waals surface area contributed by atoms with Crippen LogP contribution in [-0.2, 0) is 11.3 Å². The SMILES string of the molecule is Cc1sc(CN(CCN(C)C)CC(=O)O)cc1Br. The van der Waals surface area contributed by atoms with Crippen LogP contribution in [0.3, 0.4) is 0 Å². The molecule has 0 aromatic carbocycles. The smallest absolute Gasteiger partial charge is 0.317 e. The number of hydrogen-bond acceptors (Lipinski definition) is 4. The maximum absolute atomic E-state index is 10.9. The summed E-state index contributed by atoms with van der Waals surface area (Å²) in [5.74, 6) is -0.777. The summed E-state index contributed by atoms with van der Waals surface area (Å²) in [6.45, 7) is 4.45. The lowest BCUT2D eigenvalue weighted by molar-refractivity contribution is -0.138. The minimum atomic E-state index is -0.777. The number of likely N-dealkylation sites (N-methyl/N-ethyl adjacent to an activating group) is 1. The van der Waals surface area contributed by atoms with E-state index in [0.29, 0.717) is 6.54 Å². The molecule has 4 nitrogen and oxygen atoms in total. The average Bonchev–Trinajstić information content (AvgIpc) is 2.54. The van der Waals surface area contributed by atoms with E-state index in [-0.39, 0.29) is 6.54 Å². The van der Waals surface area contributed by atoms with Crippen LogP contribution in [0.5, 0.6) is 0 Å². The standard InChI is InChI=1S/C12H19BrN2O2S/c1-9-11(13)6-10(18-9)7-15(8-12(16)17)5-4-14(2)3/h6H,4-5,7-8H2,1-3H3,(H,16,17). The molecule has 0 aliphatic carbocycles. The second kappa shape index (κ2) is 7.23. The zero-order chi connectivity index (χ0) is 13.7. The molecular formula is C12H19BrN2O2S. The Kier molecular flexibility index (Phi) is 6.28. The summed E-state index contributed by atoms with van der Waals surface area (Å²) in [4.78, 5) is 17.3. The predicted molar refractivity (Wildman–Crippen MR) is 78.2 cm³/mol. The number of thiophene rings is 1. The Morgan fingerprint density at radius 3 is 2.56 bits per heavy atom. The van der Waals surface area contributed by atoms with Crippen LogP contribution in [-0.4, -0.2) is 54.6 Å². The Morgan fingerprint density at radius 2 is 2.11 bits per heavy atom. The molecule has 6 heteroatoms. The van der Waals surface area contributed by atoms with E-state index in [2.05, 4.69) is 33.8 Å². The minimum Gasteiger partial charge on any atom is -0.480 e. The molecule has 0 spiro atoms. The van der Waals surface area contributed by atoms with Crippen LogP contribution in [0.1, 0.15) is 9.75 Å². The van der Waals surface area contributed by atoms with Gasteiger partial charge in [0.05, 0.1) is 6.54 Å². The van der Waals surface area contributed by atoms with Gasteiger partial charge in [-0.1, -0.05) is 0 Å². The number of rotatable bonds is 7. The first kappa shape index (κ1) is 15.6. The Hall–Kier alpha value is -0.430. The Morgan fingerprint density at radius 1 is 1.44 bits per heavy atom. The summed E-state index contributed by atoms with van der Waals surface area (Å²) in [7, 11) is 3.98. The van der Waals surface area contributed by atoms with Crippen molar-refractivity contribution in [3.63, 3.8) is 0 Å². The second-order valence-electron chi connectivity index (χ2n) is 4.52. The topological polar surface area (TPSA) is 43.8 Å². The van der Waals surface area contributed by atoms with E-state index in [1.54, 1.807) is 11.3 Å². The molecule has 1 rings (SSSR count). The van der Waals surface area contributed by atoms with Gasteiger partial charge in [0.2, 0.25) is 0 Å². The summed E-state index contributed by atoms with van der Waals surface area (Å²) in [6, 6.07) is 2.07. The molecule has 0 fully saturated rings. The highest BCUT2D eigenvalue weighted by molar-refractivity contribution is 9.10. The fourth-order valence-electron chi connectivity index (χ4n) is 1.56. The monoisotopic (exact) mass is 334 g/mol. The molecule has 1 aromatic rings. The van der Waals surface area contributed by atoms with E-state index in [9.17, 15) is 4.79 Å². The van der Waals surface area contributed by atoms with Crippen molar-refractivity contribution in [2.24, 2.45) is 0 Å². The lowest BCUT2D eigenvalue weighted by Crippen LogP contribution is -2.34. The van der Waals surface area contributed by atoms with Gasteiger partial charge in [0.25, 0.3) is 0 Å². The van der Waals surface area contributed by atoms with Gasteiger partial charge in [-0.15, -0.1) is 11.3 Å². The molecule has 1 N–H and O–H groups in total. The maximum atomic E-state index is 10.9. The van der Waals surface area contributed by atoms with E-state index in [0.717, 1.165) is 17.6 Å². The van der Waals surface area contributed by atoms with Crippen molar-refractivity contribution >= 4 is 33.2 Å². The molecule has 0 unspecified atom stereocenters. The molecule has 0 radical (unpaired) electrons. The van der Waals surface area contributed by atoms with Crippen LogP contribution < -0.4 is 0 Å². The molecule has 102 valence electrons. The molecule has 0 bridgehead atoms. The molecule has 1 heterocycles. The molecule has 0 aliphatic rings. The fraction of sp³-hybridized carbons (Fsp3) is 0.583. The number of carboxylic acid groups (broad SMARTS) is 1. The van der Waals surface area contributed by atoms with Gasteiger partial charge in [0.15, 0.2) is 0 Å². The van der Waals surface area contributed by atoms with E-state index in [4.69, 9.17) is 5.11 Å². The first-order chi connectivity index (χ1) is 8.38. The van der Waals surface area contributed by atoms with Gasteiger partial charge in [0.1, 0.15) is 0 Å². The second-order valence-corrected chi connectivity index (χ2v) is 6.72.